The van der Waals surface area contributed by atoms with Crippen LogP contribution < -0.4 is 16.0 Å². The van der Waals surface area contributed by atoms with Crippen LogP contribution in [0.15, 0.2) is 30.3 Å². The van der Waals surface area contributed by atoms with Crippen LogP contribution in [0, 0.1) is 13.8 Å². The van der Waals surface area contributed by atoms with E-state index >= 15 is 0 Å². The van der Waals surface area contributed by atoms with Crippen LogP contribution in [-0.2, 0) is 11.2 Å². The van der Waals surface area contributed by atoms with E-state index in [9.17, 15) is 4.79 Å². The Hall–Kier alpha value is -3.16. The molecule has 8 heteroatoms. The zero-order valence-corrected chi connectivity index (χ0v) is 17.4. The first kappa shape index (κ1) is 20.6. The number of anilines is 2. The van der Waals surface area contributed by atoms with E-state index < -0.39 is 0 Å². The van der Waals surface area contributed by atoms with E-state index in [1.165, 1.54) is 5.69 Å². The number of carbonyl (C=O) groups excluding carboxylic acids is 1. The topological polar surface area (TPSA) is 101 Å². The van der Waals surface area contributed by atoms with E-state index in [1.807, 2.05) is 32.0 Å². The number of rotatable bonds is 9. The highest BCUT2D eigenvalue weighted by atomic mass is 16.1. The van der Waals surface area contributed by atoms with E-state index in [-0.39, 0.29) is 11.9 Å². The summed E-state index contributed by atoms with van der Waals surface area (Å²) < 4.78 is 1.64. The molecule has 2 heterocycles. The minimum absolute atomic E-state index is 0.0461. The highest BCUT2D eigenvalue weighted by Gasteiger charge is 2.14. The van der Waals surface area contributed by atoms with Crippen LogP contribution in [0.2, 0.25) is 0 Å². The molecule has 29 heavy (non-hydrogen) atoms. The number of carbonyl (C=O) groups is 1. The first-order chi connectivity index (χ1) is 14.0. The quantitative estimate of drug-likeness (QED) is 0.539. The lowest BCUT2D eigenvalue weighted by Crippen LogP contribution is -2.30. The molecule has 2 aromatic heterocycles. The predicted molar refractivity (Wildman–Crippen MR) is 115 cm³/mol. The van der Waals surface area contributed by atoms with Crippen LogP contribution in [0.1, 0.15) is 36.7 Å². The van der Waals surface area contributed by atoms with Crippen molar-refractivity contribution in [3.8, 4) is 0 Å². The van der Waals surface area contributed by atoms with Gasteiger partial charge in [0.2, 0.25) is 11.9 Å². The van der Waals surface area contributed by atoms with Gasteiger partial charge >= 0.3 is 0 Å². The second-order valence-corrected chi connectivity index (χ2v) is 7.06. The average molecular weight is 396 g/mol. The van der Waals surface area contributed by atoms with Crippen molar-refractivity contribution in [2.24, 2.45) is 0 Å². The fourth-order valence-corrected chi connectivity index (χ4v) is 3.52. The van der Waals surface area contributed by atoms with Crippen molar-refractivity contribution in [3.63, 3.8) is 0 Å². The van der Waals surface area contributed by atoms with Crippen LogP contribution in [-0.4, -0.2) is 45.1 Å². The average Bonchev–Trinajstić information content (AvgIpc) is 3.09. The number of nitrogens with one attached hydrogen (secondary N) is 1. The van der Waals surface area contributed by atoms with Gasteiger partial charge in [0.15, 0.2) is 0 Å². The molecule has 0 aliphatic rings. The number of nitrogens with two attached hydrogens (primary N) is 1. The van der Waals surface area contributed by atoms with Gasteiger partial charge in [-0.1, -0.05) is 18.2 Å². The lowest BCUT2D eigenvalue weighted by molar-refractivity contribution is -0.121. The molecule has 0 spiro atoms. The largest absolute Gasteiger partial charge is 0.372 e. The van der Waals surface area contributed by atoms with Crippen molar-refractivity contribution < 1.29 is 4.79 Å². The fraction of sp³-hybridized carbons (Fsp3) is 0.429. The first-order valence-electron chi connectivity index (χ1n) is 10.0. The van der Waals surface area contributed by atoms with Crippen LogP contribution in [0.3, 0.4) is 0 Å². The third-order valence-corrected chi connectivity index (χ3v) is 5.10. The third kappa shape index (κ3) is 5.01. The van der Waals surface area contributed by atoms with E-state index in [4.69, 9.17) is 5.73 Å². The zero-order chi connectivity index (χ0) is 20.8. The number of aromatic nitrogens is 4. The molecule has 3 rings (SSSR count). The van der Waals surface area contributed by atoms with Crippen LogP contribution in [0.5, 0.6) is 0 Å². The summed E-state index contributed by atoms with van der Waals surface area (Å²) in [4.78, 5) is 23.1. The van der Waals surface area contributed by atoms with E-state index in [1.54, 1.807) is 4.52 Å². The van der Waals surface area contributed by atoms with Gasteiger partial charge < -0.3 is 16.0 Å². The minimum atomic E-state index is 0.0461. The van der Waals surface area contributed by atoms with Gasteiger partial charge in [-0.15, -0.1) is 5.10 Å². The lowest BCUT2D eigenvalue weighted by atomic mass is 10.1. The maximum atomic E-state index is 12.3. The summed E-state index contributed by atoms with van der Waals surface area (Å²) in [5, 5.41) is 7.19. The van der Waals surface area contributed by atoms with Crippen molar-refractivity contribution in [1.82, 2.24) is 24.9 Å². The molecule has 1 aromatic carbocycles. The Morgan fingerprint density at radius 1 is 1.21 bits per heavy atom. The monoisotopic (exact) mass is 395 g/mol. The number of aryl methyl sites for hydroxylation is 2. The highest BCUT2D eigenvalue weighted by Crippen LogP contribution is 2.16. The summed E-state index contributed by atoms with van der Waals surface area (Å²) in [7, 11) is 0. The molecule has 0 aliphatic carbocycles. The van der Waals surface area contributed by atoms with E-state index in [0.29, 0.717) is 25.2 Å². The molecule has 1 amide bonds. The van der Waals surface area contributed by atoms with Crippen LogP contribution >= 0.6 is 0 Å². The molecule has 0 radical (unpaired) electrons. The number of fused-ring (bicyclic) bond motifs is 1. The molecule has 0 bridgehead atoms. The summed E-state index contributed by atoms with van der Waals surface area (Å²) in [5.74, 6) is 0.737. The van der Waals surface area contributed by atoms with Gasteiger partial charge in [0.05, 0.1) is 0 Å². The van der Waals surface area contributed by atoms with Crippen molar-refractivity contribution in [2.75, 3.05) is 30.3 Å². The van der Waals surface area contributed by atoms with Gasteiger partial charge in [0.25, 0.3) is 5.78 Å². The second-order valence-electron chi connectivity index (χ2n) is 7.06. The van der Waals surface area contributed by atoms with E-state index in [0.717, 1.165) is 36.5 Å². The normalized spacial score (nSPS) is 11.0. The molecule has 0 unspecified atom stereocenters. The van der Waals surface area contributed by atoms with Crippen molar-refractivity contribution in [2.45, 2.75) is 40.0 Å². The molecule has 0 atom stereocenters. The molecule has 0 aliphatic heterocycles. The number of hydrogen-bond donors (Lipinski definition) is 2. The molecule has 0 saturated carbocycles. The van der Waals surface area contributed by atoms with Gasteiger partial charge in [-0.25, -0.2) is 4.98 Å². The Bertz CT molecular complexity index is 968. The summed E-state index contributed by atoms with van der Waals surface area (Å²) in [6, 6.07) is 10.3. The molecule has 0 fully saturated rings. The number of para-hydroxylation sites is 1. The third-order valence-electron chi connectivity index (χ3n) is 5.10. The Morgan fingerprint density at radius 3 is 2.69 bits per heavy atom. The van der Waals surface area contributed by atoms with Gasteiger partial charge in [-0.3, -0.25) is 4.79 Å². The predicted octanol–water partition coefficient (Wildman–Crippen LogP) is 2.29. The molecule has 3 N–H and O–H groups in total. The van der Waals surface area contributed by atoms with E-state index in [2.05, 4.69) is 44.3 Å². The number of hydrogen-bond acceptors (Lipinski definition) is 6. The van der Waals surface area contributed by atoms with Gasteiger partial charge in [-0.2, -0.15) is 9.50 Å². The lowest BCUT2D eigenvalue weighted by Gasteiger charge is -2.23. The smallest absolute Gasteiger partial charge is 0.254 e. The summed E-state index contributed by atoms with van der Waals surface area (Å²) in [5.41, 5.74) is 9.67. The Kier molecular flexibility index (Phi) is 6.64. The van der Waals surface area contributed by atoms with Crippen molar-refractivity contribution >= 4 is 23.3 Å². The molecule has 3 aromatic rings. The number of nitrogen functional groups attached to an aromatic ring is 1. The Balaban J connectivity index is 1.47. The minimum Gasteiger partial charge on any atom is -0.372 e. The standard InChI is InChI=1S/C21H29N7O/c1-4-27(17-9-6-5-7-10-17)14-8-13-23-19(29)12-11-18-15(2)24-21-25-20(22)26-28(21)16(18)3/h5-7,9-10H,4,8,11-14H2,1-3H3,(H2,22,26)(H,23,29). The van der Waals surface area contributed by atoms with Gasteiger partial charge in [0.1, 0.15) is 0 Å². The second kappa shape index (κ2) is 9.36. The molecular formula is C21H29N7O. The number of amides is 1. The SMILES string of the molecule is CCN(CCCNC(=O)CCc1c(C)nc2nc(N)nn2c1C)c1ccccc1. The summed E-state index contributed by atoms with van der Waals surface area (Å²) in [6.45, 7) is 8.53. The fourth-order valence-electron chi connectivity index (χ4n) is 3.52. The molecule has 0 saturated heterocycles. The van der Waals surface area contributed by atoms with Crippen LogP contribution in [0.25, 0.3) is 5.78 Å². The van der Waals surface area contributed by atoms with Gasteiger partial charge in [-0.05, 0) is 51.3 Å². The maximum absolute atomic E-state index is 12.3. The molecule has 8 nitrogen and oxygen atoms in total. The first-order valence-corrected chi connectivity index (χ1v) is 10.0. The summed E-state index contributed by atoms with van der Waals surface area (Å²) in [6.07, 6.45) is 1.92. The molecule has 154 valence electrons. The Morgan fingerprint density at radius 2 is 1.97 bits per heavy atom. The van der Waals surface area contributed by atoms with Crippen LogP contribution in [0.4, 0.5) is 11.6 Å². The summed E-state index contributed by atoms with van der Waals surface area (Å²) >= 11 is 0. The van der Waals surface area contributed by atoms with Crippen molar-refractivity contribution in [1.29, 1.82) is 0 Å². The zero-order valence-electron chi connectivity index (χ0n) is 17.4. The van der Waals surface area contributed by atoms with Gasteiger partial charge in [0, 0.05) is 43.1 Å². The highest BCUT2D eigenvalue weighted by molar-refractivity contribution is 5.76. The maximum Gasteiger partial charge on any atom is 0.254 e. The Labute approximate surface area is 171 Å². The van der Waals surface area contributed by atoms with Crippen molar-refractivity contribution in [3.05, 3.63) is 47.3 Å². The molecular weight excluding hydrogens is 366 g/mol. The number of benzene rings is 1. The number of nitrogens with zero attached hydrogens (tertiary/aromatic N) is 5.